The van der Waals surface area contributed by atoms with Crippen molar-refractivity contribution in [1.29, 1.82) is 0 Å². The summed E-state index contributed by atoms with van der Waals surface area (Å²) in [5.41, 5.74) is 1.59. The van der Waals surface area contributed by atoms with Gasteiger partial charge in [0.2, 0.25) is 0 Å². The molecular formula is C18H22N2O4. The van der Waals surface area contributed by atoms with E-state index in [-0.39, 0.29) is 6.03 Å². The Balaban J connectivity index is 1.92. The minimum absolute atomic E-state index is 0.319. The predicted molar refractivity (Wildman–Crippen MR) is 93.3 cm³/mol. The average Bonchev–Trinajstić information content (AvgIpc) is 2.62. The molecule has 0 spiro atoms. The van der Waals surface area contributed by atoms with E-state index >= 15 is 0 Å². The number of urea groups is 1. The number of ether oxygens (including phenoxy) is 3. The zero-order valence-electron chi connectivity index (χ0n) is 14.1. The fraction of sp³-hybridized carbons (Fsp3) is 0.278. The van der Waals surface area contributed by atoms with Gasteiger partial charge in [-0.3, -0.25) is 0 Å². The Kier molecular flexibility index (Phi) is 6.31. The molecule has 0 aliphatic rings. The van der Waals surface area contributed by atoms with Gasteiger partial charge in [-0.1, -0.05) is 18.2 Å². The molecule has 24 heavy (non-hydrogen) atoms. The molecule has 0 heterocycles. The van der Waals surface area contributed by atoms with Crippen molar-refractivity contribution in [2.75, 3.05) is 33.2 Å². The van der Waals surface area contributed by atoms with Gasteiger partial charge < -0.3 is 24.8 Å². The first-order valence-electron chi connectivity index (χ1n) is 7.56. The number of carbonyl (C=O) groups excluding carboxylic acids is 1. The molecule has 2 aromatic rings. The van der Waals surface area contributed by atoms with E-state index in [0.29, 0.717) is 30.2 Å². The molecule has 0 aliphatic heterocycles. The highest BCUT2D eigenvalue weighted by molar-refractivity contribution is 5.92. The zero-order chi connectivity index (χ0) is 17.4. The molecule has 0 unspecified atom stereocenters. The third-order valence-corrected chi connectivity index (χ3v) is 3.50. The summed E-state index contributed by atoms with van der Waals surface area (Å²) < 4.78 is 15.7. The predicted octanol–water partition coefficient (Wildman–Crippen LogP) is 3.08. The Labute approximate surface area is 141 Å². The molecule has 0 aromatic heterocycles. The van der Waals surface area contributed by atoms with Crippen LogP contribution in [-0.2, 0) is 6.42 Å². The first-order valence-corrected chi connectivity index (χ1v) is 7.56. The van der Waals surface area contributed by atoms with Crippen LogP contribution in [0.4, 0.5) is 10.5 Å². The standard InChI is InChI=1S/C18H22N2O4/c1-22-14-7-4-6-13(12-14)10-11-19-18(21)20-17-15(23-2)8-5-9-16(17)24-3/h4-9,12H,10-11H2,1-3H3,(H2,19,20,21). The molecule has 2 amide bonds. The Morgan fingerprint density at radius 2 is 1.62 bits per heavy atom. The van der Waals surface area contributed by atoms with Crippen LogP contribution in [0.2, 0.25) is 0 Å². The molecule has 0 bridgehead atoms. The van der Waals surface area contributed by atoms with Crippen molar-refractivity contribution in [2.45, 2.75) is 6.42 Å². The number of amides is 2. The first-order chi connectivity index (χ1) is 11.7. The Hall–Kier alpha value is -2.89. The second kappa shape index (κ2) is 8.67. The van der Waals surface area contributed by atoms with Gasteiger partial charge in [0.1, 0.15) is 22.9 Å². The molecule has 0 aliphatic carbocycles. The van der Waals surface area contributed by atoms with E-state index in [1.807, 2.05) is 24.3 Å². The van der Waals surface area contributed by atoms with Crippen molar-refractivity contribution in [1.82, 2.24) is 5.32 Å². The van der Waals surface area contributed by atoms with E-state index in [1.165, 1.54) is 0 Å². The molecule has 6 heteroatoms. The third-order valence-electron chi connectivity index (χ3n) is 3.50. The Bertz CT molecular complexity index is 666. The molecule has 2 rings (SSSR count). The van der Waals surface area contributed by atoms with Gasteiger partial charge in [-0.25, -0.2) is 4.79 Å². The fourth-order valence-electron chi connectivity index (χ4n) is 2.28. The molecule has 0 saturated carbocycles. The summed E-state index contributed by atoms with van der Waals surface area (Å²) in [5, 5.41) is 5.58. The molecule has 0 radical (unpaired) electrons. The van der Waals surface area contributed by atoms with Gasteiger partial charge in [0.25, 0.3) is 0 Å². The second-order valence-corrected chi connectivity index (χ2v) is 5.02. The van der Waals surface area contributed by atoms with Crippen LogP contribution in [0.15, 0.2) is 42.5 Å². The number of rotatable bonds is 7. The van der Waals surface area contributed by atoms with Crippen molar-refractivity contribution in [2.24, 2.45) is 0 Å². The quantitative estimate of drug-likeness (QED) is 0.818. The van der Waals surface area contributed by atoms with Crippen LogP contribution >= 0.6 is 0 Å². The lowest BCUT2D eigenvalue weighted by Gasteiger charge is -2.14. The summed E-state index contributed by atoms with van der Waals surface area (Å²) in [6.45, 7) is 0.496. The van der Waals surface area contributed by atoms with Gasteiger partial charge in [0.05, 0.1) is 21.3 Å². The molecule has 0 fully saturated rings. The lowest BCUT2D eigenvalue weighted by molar-refractivity contribution is 0.252. The largest absolute Gasteiger partial charge is 0.497 e. The van der Waals surface area contributed by atoms with Gasteiger partial charge >= 0.3 is 6.03 Å². The van der Waals surface area contributed by atoms with Gasteiger partial charge in [-0.2, -0.15) is 0 Å². The highest BCUT2D eigenvalue weighted by Gasteiger charge is 2.12. The number of hydrogen-bond donors (Lipinski definition) is 2. The Morgan fingerprint density at radius 1 is 0.958 bits per heavy atom. The van der Waals surface area contributed by atoms with Crippen LogP contribution in [0.25, 0.3) is 0 Å². The van der Waals surface area contributed by atoms with Crippen molar-refractivity contribution >= 4 is 11.7 Å². The summed E-state index contributed by atoms with van der Waals surface area (Å²) in [7, 11) is 4.72. The van der Waals surface area contributed by atoms with Gasteiger partial charge in [0.15, 0.2) is 0 Å². The SMILES string of the molecule is COc1cccc(CCNC(=O)Nc2c(OC)cccc2OC)c1. The van der Waals surface area contributed by atoms with E-state index < -0.39 is 0 Å². The van der Waals surface area contributed by atoms with E-state index in [2.05, 4.69) is 10.6 Å². The lowest BCUT2D eigenvalue weighted by atomic mass is 10.1. The summed E-state index contributed by atoms with van der Waals surface area (Å²) >= 11 is 0. The normalized spacial score (nSPS) is 9.96. The minimum atomic E-state index is -0.319. The van der Waals surface area contributed by atoms with Crippen LogP contribution in [0.3, 0.4) is 0 Å². The topological polar surface area (TPSA) is 68.8 Å². The maximum atomic E-state index is 12.1. The van der Waals surface area contributed by atoms with E-state index in [9.17, 15) is 4.79 Å². The van der Waals surface area contributed by atoms with Gasteiger partial charge in [-0.15, -0.1) is 0 Å². The average molecular weight is 330 g/mol. The van der Waals surface area contributed by atoms with E-state index in [4.69, 9.17) is 14.2 Å². The smallest absolute Gasteiger partial charge is 0.319 e. The molecule has 2 N–H and O–H groups in total. The highest BCUT2D eigenvalue weighted by atomic mass is 16.5. The van der Waals surface area contributed by atoms with Crippen LogP contribution in [0.5, 0.6) is 17.2 Å². The van der Waals surface area contributed by atoms with Crippen LogP contribution < -0.4 is 24.8 Å². The number of para-hydroxylation sites is 1. The minimum Gasteiger partial charge on any atom is -0.497 e. The van der Waals surface area contributed by atoms with Gasteiger partial charge in [0, 0.05) is 6.54 Å². The van der Waals surface area contributed by atoms with Crippen molar-refractivity contribution in [3.8, 4) is 17.2 Å². The molecule has 0 saturated heterocycles. The van der Waals surface area contributed by atoms with Crippen molar-refractivity contribution < 1.29 is 19.0 Å². The third kappa shape index (κ3) is 4.55. The fourth-order valence-corrected chi connectivity index (χ4v) is 2.28. The molecule has 0 atom stereocenters. The van der Waals surface area contributed by atoms with Crippen molar-refractivity contribution in [3.63, 3.8) is 0 Å². The summed E-state index contributed by atoms with van der Waals surface area (Å²) in [6.07, 6.45) is 0.702. The summed E-state index contributed by atoms with van der Waals surface area (Å²) in [4.78, 5) is 12.1. The maximum Gasteiger partial charge on any atom is 0.319 e. The zero-order valence-corrected chi connectivity index (χ0v) is 14.1. The molecule has 128 valence electrons. The number of carbonyl (C=O) groups is 1. The molecule has 2 aromatic carbocycles. The monoisotopic (exact) mass is 330 g/mol. The lowest BCUT2D eigenvalue weighted by Crippen LogP contribution is -2.30. The number of benzene rings is 2. The van der Waals surface area contributed by atoms with E-state index in [0.717, 1.165) is 11.3 Å². The van der Waals surface area contributed by atoms with Crippen molar-refractivity contribution in [3.05, 3.63) is 48.0 Å². The van der Waals surface area contributed by atoms with Crippen LogP contribution in [0.1, 0.15) is 5.56 Å². The maximum absolute atomic E-state index is 12.1. The number of methoxy groups -OCH3 is 3. The molecular weight excluding hydrogens is 308 g/mol. The summed E-state index contributed by atoms with van der Waals surface area (Å²) in [6, 6.07) is 12.7. The van der Waals surface area contributed by atoms with Crippen LogP contribution in [0, 0.1) is 0 Å². The first kappa shape index (κ1) is 17.5. The second-order valence-electron chi connectivity index (χ2n) is 5.02. The summed E-state index contributed by atoms with van der Waals surface area (Å²) in [5.74, 6) is 1.88. The van der Waals surface area contributed by atoms with Crippen LogP contribution in [-0.4, -0.2) is 33.9 Å². The van der Waals surface area contributed by atoms with E-state index in [1.54, 1.807) is 39.5 Å². The Morgan fingerprint density at radius 3 is 2.25 bits per heavy atom. The molecule has 6 nitrogen and oxygen atoms in total. The number of hydrogen-bond acceptors (Lipinski definition) is 4. The van der Waals surface area contributed by atoms with Gasteiger partial charge in [-0.05, 0) is 36.2 Å². The number of nitrogens with one attached hydrogen (secondary N) is 2. The number of anilines is 1. The highest BCUT2D eigenvalue weighted by Crippen LogP contribution is 2.33.